The van der Waals surface area contributed by atoms with Gasteiger partial charge in [-0.3, -0.25) is 4.79 Å². The van der Waals surface area contributed by atoms with Crippen molar-refractivity contribution < 1.29 is 17.9 Å². The zero-order valence-corrected chi connectivity index (χ0v) is 14.5. The highest BCUT2D eigenvalue weighted by molar-refractivity contribution is 7.89. The SMILES string of the molecule is C[C@@H](NS(=O)(=O)c1ccc(OCC(N)=O)c(Cl)c1)c1ccccc1. The number of primary amides is 1. The molecule has 6 nitrogen and oxygen atoms in total. The lowest BCUT2D eigenvalue weighted by Gasteiger charge is -2.15. The van der Waals surface area contributed by atoms with E-state index in [1.807, 2.05) is 30.3 Å². The predicted octanol–water partition coefficient (Wildman–Crippen LogP) is 2.24. The monoisotopic (exact) mass is 368 g/mol. The number of nitrogens with one attached hydrogen (secondary N) is 1. The molecule has 1 atom stereocenters. The first-order chi connectivity index (χ1) is 11.3. The number of hydrogen-bond acceptors (Lipinski definition) is 4. The molecule has 0 aliphatic rings. The largest absolute Gasteiger partial charge is 0.482 e. The average Bonchev–Trinajstić information content (AvgIpc) is 2.54. The van der Waals surface area contributed by atoms with Gasteiger partial charge in [-0.25, -0.2) is 13.1 Å². The lowest BCUT2D eigenvalue weighted by molar-refractivity contribution is -0.119. The van der Waals surface area contributed by atoms with Crippen LogP contribution in [0, 0.1) is 0 Å². The number of sulfonamides is 1. The summed E-state index contributed by atoms with van der Waals surface area (Å²) in [6.45, 7) is 1.41. The summed E-state index contributed by atoms with van der Waals surface area (Å²) in [7, 11) is -3.76. The maximum atomic E-state index is 12.5. The highest BCUT2D eigenvalue weighted by Gasteiger charge is 2.19. The minimum Gasteiger partial charge on any atom is -0.482 e. The quantitative estimate of drug-likeness (QED) is 0.782. The standard InChI is InChI=1S/C16H17ClN2O4S/c1-11(12-5-3-2-4-6-12)19-24(21,22)13-7-8-15(14(17)9-13)23-10-16(18)20/h2-9,11,19H,10H2,1H3,(H2,18,20)/t11-/m1/s1. The van der Waals surface area contributed by atoms with Gasteiger partial charge in [0.15, 0.2) is 6.61 Å². The van der Waals surface area contributed by atoms with Gasteiger partial charge in [-0.1, -0.05) is 41.9 Å². The van der Waals surface area contributed by atoms with Crippen LogP contribution in [-0.2, 0) is 14.8 Å². The van der Waals surface area contributed by atoms with Crippen molar-refractivity contribution in [2.24, 2.45) is 5.73 Å². The molecule has 2 rings (SSSR count). The molecule has 2 aromatic rings. The Morgan fingerprint density at radius 3 is 2.50 bits per heavy atom. The fourth-order valence-corrected chi connectivity index (χ4v) is 3.58. The molecule has 0 saturated carbocycles. The molecule has 128 valence electrons. The maximum Gasteiger partial charge on any atom is 0.255 e. The Labute approximate surface area is 145 Å². The summed E-state index contributed by atoms with van der Waals surface area (Å²) < 4.78 is 32.6. The number of carbonyl (C=O) groups is 1. The lowest BCUT2D eigenvalue weighted by atomic mass is 10.1. The molecule has 0 heterocycles. The van der Waals surface area contributed by atoms with E-state index < -0.39 is 22.0 Å². The van der Waals surface area contributed by atoms with Crippen LogP contribution in [-0.4, -0.2) is 20.9 Å². The molecular formula is C16H17ClN2O4S. The van der Waals surface area contributed by atoms with Crippen molar-refractivity contribution in [2.45, 2.75) is 17.9 Å². The van der Waals surface area contributed by atoms with Gasteiger partial charge in [-0.05, 0) is 30.7 Å². The third kappa shape index (κ3) is 4.70. The first-order valence-electron chi connectivity index (χ1n) is 7.07. The van der Waals surface area contributed by atoms with Crippen molar-refractivity contribution in [3.05, 3.63) is 59.1 Å². The third-order valence-electron chi connectivity index (χ3n) is 3.22. The molecule has 0 saturated heterocycles. The normalized spacial score (nSPS) is 12.6. The van der Waals surface area contributed by atoms with Crippen molar-refractivity contribution in [3.63, 3.8) is 0 Å². The first-order valence-corrected chi connectivity index (χ1v) is 8.93. The van der Waals surface area contributed by atoms with E-state index in [2.05, 4.69) is 4.72 Å². The van der Waals surface area contributed by atoms with Crippen molar-refractivity contribution in [1.29, 1.82) is 0 Å². The van der Waals surface area contributed by atoms with Crippen LogP contribution >= 0.6 is 11.6 Å². The average molecular weight is 369 g/mol. The van der Waals surface area contributed by atoms with Crippen molar-refractivity contribution in [2.75, 3.05) is 6.61 Å². The molecule has 0 radical (unpaired) electrons. The Kier molecular flexibility index (Phi) is 5.82. The second-order valence-electron chi connectivity index (χ2n) is 5.10. The molecule has 0 aliphatic heterocycles. The second kappa shape index (κ2) is 7.65. The van der Waals surface area contributed by atoms with E-state index >= 15 is 0 Å². The Morgan fingerprint density at radius 1 is 1.25 bits per heavy atom. The zero-order chi connectivity index (χ0) is 17.7. The van der Waals surface area contributed by atoms with E-state index in [4.69, 9.17) is 22.1 Å². The summed E-state index contributed by atoms with van der Waals surface area (Å²) in [5, 5.41) is 0.0755. The van der Waals surface area contributed by atoms with Crippen molar-refractivity contribution in [1.82, 2.24) is 4.72 Å². The first kappa shape index (κ1) is 18.3. The van der Waals surface area contributed by atoms with E-state index in [0.29, 0.717) is 0 Å². The summed E-state index contributed by atoms with van der Waals surface area (Å²) in [5.74, 6) is -0.466. The van der Waals surface area contributed by atoms with Gasteiger partial charge >= 0.3 is 0 Å². The molecule has 8 heteroatoms. The fraction of sp³-hybridized carbons (Fsp3) is 0.188. The van der Waals surface area contributed by atoms with Gasteiger partial charge in [0.1, 0.15) is 5.75 Å². The predicted molar refractivity (Wildman–Crippen MR) is 91.3 cm³/mol. The highest BCUT2D eigenvalue weighted by atomic mass is 35.5. The lowest BCUT2D eigenvalue weighted by Crippen LogP contribution is -2.27. The topological polar surface area (TPSA) is 98.5 Å². The molecule has 2 aromatic carbocycles. The molecule has 0 fully saturated rings. The maximum absolute atomic E-state index is 12.5. The van der Waals surface area contributed by atoms with Crippen LogP contribution in [0.15, 0.2) is 53.4 Å². The number of ether oxygens (including phenoxy) is 1. The number of hydrogen-bond donors (Lipinski definition) is 2. The van der Waals surface area contributed by atoms with Crippen molar-refractivity contribution >= 4 is 27.5 Å². The summed E-state index contributed by atoms with van der Waals surface area (Å²) in [6, 6.07) is 12.8. The van der Waals surface area contributed by atoms with E-state index in [0.717, 1.165) is 5.56 Å². The molecule has 0 bridgehead atoms. The molecule has 0 unspecified atom stereocenters. The van der Waals surface area contributed by atoms with Gasteiger partial charge in [0.25, 0.3) is 5.91 Å². The Hall–Kier alpha value is -2.09. The third-order valence-corrected chi connectivity index (χ3v) is 5.05. The minimum atomic E-state index is -3.76. The smallest absolute Gasteiger partial charge is 0.255 e. The molecule has 3 N–H and O–H groups in total. The summed E-state index contributed by atoms with van der Waals surface area (Å²) in [5.41, 5.74) is 5.83. The Morgan fingerprint density at radius 2 is 1.92 bits per heavy atom. The molecular weight excluding hydrogens is 352 g/mol. The summed E-state index contributed by atoms with van der Waals surface area (Å²) in [4.78, 5) is 10.7. The van der Waals surface area contributed by atoms with Crippen LogP contribution < -0.4 is 15.2 Å². The minimum absolute atomic E-state index is 0.00158. The van der Waals surface area contributed by atoms with E-state index in [9.17, 15) is 13.2 Å². The van der Waals surface area contributed by atoms with Gasteiger partial charge in [0, 0.05) is 6.04 Å². The van der Waals surface area contributed by atoms with Crippen LogP contribution in [0.25, 0.3) is 0 Å². The molecule has 0 aliphatic carbocycles. The van der Waals surface area contributed by atoms with Crippen LogP contribution in [0.2, 0.25) is 5.02 Å². The number of amides is 1. The number of halogens is 1. The van der Waals surface area contributed by atoms with Crippen LogP contribution in [0.4, 0.5) is 0 Å². The second-order valence-corrected chi connectivity index (χ2v) is 7.22. The van der Waals surface area contributed by atoms with Gasteiger partial charge in [0.05, 0.1) is 9.92 Å². The Balaban J connectivity index is 2.17. The number of carbonyl (C=O) groups excluding carboxylic acids is 1. The molecule has 24 heavy (non-hydrogen) atoms. The van der Waals surface area contributed by atoms with Gasteiger partial charge in [-0.15, -0.1) is 0 Å². The molecule has 1 amide bonds. The van der Waals surface area contributed by atoms with Crippen LogP contribution in [0.3, 0.4) is 0 Å². The van der Waals surface area contributed by atoms with E-state index in [1.54, 1.807) is 6.92 Å². The number of rotatable bonds is 7. The fourth-order valence-electron chi connectivity index (χ4n) is 2.03. The molecule has 0 spiro atoms. The van der Waals surface area contributed by atoms with E-state index in [-0.39, 0.29) is 22.3 Å². The summed E-state index contributed by atoms with van der Waals surface area (Å²) in [6.07, 6.45) is 0. The number of benzene rings is 2. The van der Waals surface area contributed by atoms with Gasteiger partial charge in [-0.2, -0.15) is 0 Å². The van der Waals surface area contributed by atoms with Crippen molar-refractivity contribution in [3.8, 4) is 5.75 Å². The van der Waals surface area contributed by atoms with Crippen LogP contribution in [0.5, 0.6) is 5.75 Å². The highest BCUT2D eigenvalue weighted by Crippen LogP contribution is 2.28. The molecule has 0 aromatic heterocycles. The number of nitrogens with two attached hydrogens (primary N) is 1. The van der Waals surface area contributed by atoms with Gasteiger partial charge < -0.3 is 10.5 Å². The van der Waals surface area contributed by atoms with Crippen LogP contribution in [0.1, 0.15) is 18.5 Å². The Bertz CT molecular complexity index is 825. The zero-order valence-electron chi connectivity index (χ0n) is 12.9. The van der Waals surface area contributed by atoms with E-state index in [1.165, 1.54) is 18.2 Å². The van der Waals surface area contributed by atoms with Gasteiger partial charge in [0.2, 0.25) is 10.0 Å². The summed E-state index contributed by atoms with van der Waals surface area (Å²) >= 11 is 6.00.